The van der Waals surface area contributed by atoms with Gasteiger partial charge in [0.05, 0.1) is 5.56 Å². The maximum absolute atomic E-state index is 13.1. The van der Waals surface area contributed by atoms with E-state index < -0.39 is 0 Å². The van der Waals surface area contributed by atoms with Gasteiger partial charge in [0.2, 0.25) is 0 Å². The molecule has 0 radical (unpaired) electrons. The van der Waals surface area contributed by atoms with Gasteiger partial charge in [-0.25, -0.2) is 4.98 Å². The lowest BCUT2D eigenvalue weighted by Crippen LogP contribution is -2.39. The molecule has 1 amide bonds. The van der Waals surface area contributed by atoms with Crippen molar-refractivity contribution in [3.8, 4) is 11.4 Å². The van der Waals surface area contributed by atoms with Crippen LogP contribution in [0.2, 0.25) is 0 Å². The highest BCUT2D eigenvalue weighted by Crippen LogP contribution is 2.28. The van der Waals surface area contributed by atoms with Gasteiger partial charge in [-0.15, -0.1) is 0 Å². The van der Waals surface area contributed by atoms with Crippen LogP contribution in [0.4, 0.5) is 0 Å². The molecule has 4 rings (SSSR count). The molecule has 0 aliphatic carbocycles. The van der Waals surface area contributed by atoms with E-state index in [4.69, 9.17) is 0 Å². The Labute approximate surface area is 139 Å². The maximum atomic E-state index is 13.1. The van der Waals surface area contributed by atoms with Crippen molar-refractivity contribution < 1.29 is 4.79 Å². The van der Waals surface area contributed by atoms with Gasteiger partial charge in [0.15, 0.2) is 0 Å². The molecule has 1 saturated heterocycles. The van der Waals surface area contributed by atoms with Crippen molar-refractivity contribution in [2.24, 2.45) is 0 Å². The molecule has 0 saturated carbocycles. The Morgan fingerprint density at radius 3 is 2.92 bits per heavy atom. The van der Waals surface area contributed by atoms with E-state index in [1.807, 2.05) is 35.2 Å². The van der Waals surface area contributed by atoms with E-state index in [0.29, 0.717) is 18.0 Å². The first-order valence-corrected chi connectivity index (χ1v) is 8.20. The molecule has 1 aromatic carbocycles. The molecule has 1 aliphatic heterocycles. The second-order valence-electron chi connectivity index (χ2n) is 6.09. The Morgan fingerprint density at radius 2 is 2.12 bits per heavy atom. The summed E-state index contributed by atoms with van der Waals surface area (Å²) in [5.41, 5.74) is 2.64. The smallest absolute Gasteiger partial charge is 0.254 e. The fraction of sp³-hybridized carbons (Fsp3) is 0.278. The zero-order valence-corrected chi connectivity index (χ0v) is 13.3. The molecule has 1 fully saturated rings. The number of hydrogen-bond acceptors (Lipinski definition) is 3. The number of nitrogens with zero attached hydrogens (tertiary/aromatic N) is 3. The molecule has 1 aliphatic rings. The van der Waals surface area contributed by atoms with E-state index >= 15 is 0 Å². The van der Waals surface area contributed by atoms with E-state index in [1.165, 1.54) is 0 Å². The van der Waals surface area contributed by atoms with Crippen molar-refractivity contribution in [1.82, 2.24) is 25.1 Å². The van der Waals surface area contributed by atoms with E-state index in [9.17, 15) is 4.79 Å². The van der Waals surface area contributed by atoms with Crippen molar-refractivity contribution in [3.05, 3.63) is 60.2 Å². The third kappa shape index (κ3) is 2.71. The predicted molar refractivity (Wildman–Crippen MR) is 90.5 cm³/mol. The van der Waals surface area contributed by atoms with Crippen LogP contribution in [0.25, 0.3) is 11.4 Å². The zero-order valence-electron chi connectivity index (χ0n) is 13.3. The normalized spacial score (nSPS) is 17.8. The van der Waals surface area contributed by atoms with Crippen LogP contribution >= 0.6 is 0 Å². The molecule has 6 nitrogen and oxygen atoms in total. The number of imidazole rings is 1. The summed E-state index contributed by atoms with van der Waals surface area (Å²) in [7, 11) is 0. The summed E-state index contributed by atoms with van der Waals surface area (Å²) >= 11 is 0. The minimum atomic E-state index is 0.0613. The number of carbonyl (C=O) groups excluding carboxylic acids is 1. The number of aromatic nitrogens is 4. The third-order valence-corrected chi connectivity index (χ3v) is 4.58. The zero-order chi connectivity index (χ0) is 16.4. The fourth-order valence-corrected chi connectivity index (χ4v) is 3.37. The maximum Gasteiger partial charge on any atom is 0.254 e. The van der Waals surface area contributed by atoms with Crippen LogP contribution in [0.15, 0.2) is 48.9 Å². The summed E-state index contributed by atoms with van der Waals surface area (Å²) in [4.78, 5) is 22.4. The van der Waals surface area contributed by atoms with E-state index in [1.54, 1.807) is 18.6 Å². The number of benzene rings is 1. The van der Waals surface area contributed by atoms with Crippen molar-refractivity contribution in [2.45, 2.75) is 18.8 Å². The number of amides is 1. The average Bonchev–Trinajstić information content (AvgIpc) is 3.35. The number of piperidine rings is 1. The Balaban J connectivity index is 1.60. The third-order valence-electron chi connectivity index (χ3n) is 4.58. The van der Waals surface area contributed by atoms with Gasteiger partial charge < -0.3 is 9.88 Å². The highest BCUT2D eigenvalue weighted by atomic mass is 16.2. The quantitative estimate of drug-likeness (QED) is 0.778. The highest BCUT2D eigenvalue weighted by Gasteiger charge is 2.27. The summed E-state index contributed by atoms with van der Waals surface area (Å²) in [6.45, 7) is 1.50. The molecule has 0 spiro atoms. The number of aromatic amines is 2. The molecule has 2 N–H and O–H groups in total. The predicted octanol–water partition coefficient (Wildman–Crippen LogP) is 2.82. The second kappa shape index (κ2) is 6.31. The molecular weight excluding hydrogens is 302 g/mol. The lowest BCUT2D eigenvalue weighted by atomic mass is 9.94. The SMILES string of the molecule is O=C(c1ccccc1-c1ncc[nH]1)N1CCC[C@@H](c2ccn[nH]2)C1. The van der Waals surface area contributed by atoms with Crippen LogP contribution in [0.3, 0.4) is 0 Å². The summed E-state index contributed by atoms with van der Waals surface area (Å²) in [6.07, 6.45) is 7.31. The number of rotatable bonds is 3. The molecule has 0 bridgehead atoms. The van der Waals surface area contributed by atoms with Gasteiger partial charge in [-0.05, 0) is 25.0 Å². The van der Waals surface area contributed by atoms with Crippen LogP contribution < -0.4 is 0 Å². The summed E-state index contributed by atoms with van der Waals surface area (Å²) in [5, 5.41) is 7.07. The minimum Gasteiger partial charge on any atom is -0.345 e. The molecule has 24 heavy (non-hydrogen) atoms. The number of likely N-dealkylation sites (tertiary alicyclic amines) is 1. The summed E-state index contributed by atoms with van der Waals surface area (Å²) in [6, 6.07) is 9.63. The minimum absolute atomic E-state index is 0.0613. The van der Waals surface area contributed by atoms with Crippen LogP contribution in [-0.4, -0.2) is 44.1 Å². The van der Waals surface area contributed by atoms with Gasteiger partial charge >= 0.3 is 0 Å². The Kier molecular flexibility index (Phi) is 3.86. The van der Waals surface area contributed by atoms with Crippen LogP contribution in [0, 0.1) is 0 Å². The molecule has 1 atom stereocenters. The average molecular weight is 321 g/mol. The second-order valence-corrected chi connectivity index (χ2v) is 6.09. The largest absolute Gasteiger partial charge is 0.345 e. The number of carbonyl (C=O) groups is 1. The molecule has 0 unspecified atom stereocenters. The standard InChI is InChI=1S/C18H19N5O/c24-18(15-6-2-1-5-14(15)17-19-9-10-20-17)23-11-3-4-13(12-23)16-7-8-21-22-16/h1-2,5-10,13H,3-4,11-12H2,(H,19,20)(H,21,22)/t13-/m1/s1. The molecule has 6 heteroatoms. The number of hydrogen-bond donors (Lipinski definition) is 2. The fourth-order valence-electron chi connectivity index (χ4n) is 3.37. The molecular formula is C18H19N5O. The topological polar surface area (TPSA) is 77.7 Å². The number of nitrogens with one attached hydrogen (secondary N) is 2. The first-order valence-electron chi connectivity index (χ1n) is 8.20. The Bertz CT molecular complexity index is 810. The van der Waals surface area contributed by atoms with Gasteiger partial charge in [0.1, 0.15) is 5.82 Å². The van der Waals surface area contributed by atoms with Crippen molar-refractivity contribution in [3.63, 3.8) is 0 Å². The Hall–Kier alpha value is -2.89. The molecule has 3 aromatic rings. The highest BCUT2D eigenvalue weighted by molar-refractivity contribution is 6.00. The lowest BCUT2D eigenvalue weighted by molar-refractivity contribution is 0.0706. The van der Waals surface area contributed by atoms with Gasteiger partial charge in [-0.1, -0.05) is 18.2 Å². The van der Waals surface area contributed by atoms with Crippen molar-refractivity contribution in [1.29, 1.82) is 0 Å². The molecule has 3 heterocycles. The first kappa shape index (κ1) is 14.7. The van der Waals surface area contributed by atoms with Gasteiger partial charge in [0, 0.05) is 48.9 Å². The van der Waals surface area contributed by atoms with Crippen molar-refractivity contribution >= 4 is 5.91 Å². The Morgan fingerprint density at radius 1 is 1.21 bits per heavy atom. The molecule has 122 valence electrons. The summed E-state index contributed by atoms with van der Waals surface area (Å²) < 4.78 is 0. The van der Waals surface area contributed by atoms with Gasteiger partial charge in [-0.3, -0.25) is 9.89 Å². The van der Waals surface area contributed by atoms with E-state index in [-0.39, 0.29) is 5.91 Å². The monoisotopic (exact) mass is 321 g/mol. The van der Waals surface area contributed by atoms with Crippen LogP contribution in [0.5, 0.6) is 0 Å². The van der Waals surface area contributed by atoms with E-state index in [2.05, 4.69) is 20.2 Å². The van der Waals surface area contributed by atoms with Gasteiger partial charge in [0.25, 0.3) is 5.91 Å². The number of H-pyrrole nitrogens is 2. The van der Waals surface area contributed by atoms with E-state index in [0.717, 1.165) is 36.5 Å². The summed E-state index contributed by atoms with van der Waals surface area (Å²) in [5.74, 6) is 1.10. The van der Waals surface area contributed by atoms with Crippen LogP contribution in [-0.2, 0) is 0 Å². The first-order chi connectivity index (χ1) is 11.8. The van der Waals surface area contributed by atoms with Crippen LogP contribution in [0.1, 0.15) is 34.8 Å². The van der Waals surface area contributed by atoms with Crippen molar-refractivity contribution in [2.75, 3.05) is 13.1 Å². The van der Waals surface area contributed by atoms with Gasteiger partial charge in [-0.2, -0.15) is 5.10 Å². The lowest BCUT2D eigenvalue weighted by Gasteiger charge is -2.32. The molecule has 2 aromatic heterocycles.